The second-order valence-electron chi connectivity index (χ2n) is 6.60. The number of ether oxygens (including phenoxy) is 2. The van der Waals surface area contributed by atoms with Crippen molar-refractivity contribution in [3.05, 3.63) is 54.3 Å². The van der Waals surface area contributed by atoms with Gasteiger partial charge in [0.25, 0.3) is 5.91 Å². The summed E-state index contributed by atoms with van der Waals surface area (Å²) in [5, 5.41) is 8.55. The van der Waals surface area contributed by atoms with Gasteiger partial charge in [0.2, 0.25) is 0 Å². The first-order valence-corrected chi connectivity index (χ1v) is 9.33. The second-order valence-corrected chi connectivity index (χ2v) is 6.60. The van der Waals surface area contributed by atoms with E-state index in [1.165, 1.54) is 0 Å². The number of methoxy groups -OCH3 is 2. The molecule has 0 saturated carbocycles. The SMILES string of the molecule is COc1ccc(C(=O)N2CCN(c3ccc(-c4ccco4)nn3)CC2)c(OC)c1. The quantitative estimate of drug-likeness (QED) is 0.658. The van der Waals surface area contributed by atoms with E-state index in [-0.39, 0.29) is 5.91 Å². The van der Waals surface area contributed by atoms with Gasteiger partial charge in [0.15, 0.2) is 11.6 Å². The van der Waals surface area contributed by atoms with Crippen LogP contribution in [0.5, 0.6) is 11.5 Å². The van der Waals surface area contributed by atoms with Crippen molar-refractivity contribution in [2.24, 2.45) is 0 Å². The van der Waals surface area contributed by atoms with Crippen molar-refractivity contribution >= 4 is 11.7 Å². The largest absolute Gasteiger partial charge is 0.497 e. The molecule has 1 aliphatic heterocycles. The minimum atomic E-state index is -0.0524. The average Bonchev–Trinajstić information content (AvgIpc) is 3.33. The molecule has 0 atom stereocenters. The van der Waals surface area contributed by atoms with Crippen molar-refractivity contribution in [1.29, 1.82) is 0 Å². The highest BCUT2D eigenvalue weighted by molar-refractivity contribution is 5.97. The number of carbonyl (C=O) groups is 1. The van der Waals surface area contributed by atoms with Crippen molar-refractivity contribution in [3.63, 3.8) is 0 Å². The lowest BCUT2D eigenvalue weighted by molar-refractivity contribution is 0.0743. The number of hydrogen-bond donors (Lipinski definition) is 0. The maximum atomic E-state index is 12.9. The van der Waals surface area contributed by atoms with Crippen LogP contribution < -0.4 is 14.4 Å². The first-order valence-electron chi connectivity index (χ1n) is 9.33. The van der Waals surface area contributed by atoms with Gasteiger partial charge >= 0.3 is 0 Å². The van der Waals surface area contributed by atoms with Gasteiger partial charge in [0.1, 0.15) is 17.2 Å². The minimum absolute atomic E-state index is 0.0524. The van der Waals surface area contributed by atoms with Crippen molar-refractivity contribution < 1.29 is 18.7 Å². The van der Waals surface area contributed by atoms with Gasteiger partial charge < -0.3 is 23.7 Å². The van der Waals surface area contributed by atoms with E-state index < -0.39 is 0 Å². The molecule has 1 aromatic carbocycles. The van der Waals surface area contributed by atoms with Crippen LogP contribution in [0.4, 0.5) is 5.82 Å². The Balaban J connectivity index is 1.41. The zero-order valence-electron chi connectivity index (χ0n) is 16.4. The highest BCUT2D eigenvalue weighted by Crippen LogP contribution is 2.26. The van der Waals surface area contributed by atoms with E-state index in [1.807, 2.05) is 29.2 Å². The molecule has 2 aromatic heterocycles. The van der Waals surface area contributed by atoms with Crippen LogP contribution in [0.2, 0.25) is 0 Å². The Kier molecular flexibility index (Phi) is 5.33. The highest BCUT2D eigenvalue weighted by atomic mass is 16.5. The molecule has 0 spiro atoms. The van der Waals surface area contributed by atoms with Crippen LogP contribution in [0.15, 0.2) is 53.1 Å². The Morgan fingerprint density at radius 1 is 1.00 bits per heavy atom. The van der Waals surface area contributed by atoms with Gasteiger partial charge in [0.05, 0.1) is 26.0 Å². The van der Waals surface area contributed by atoms with E-state index in [1.54, 1.807) is 38.7 Å². The Bertz CT molecular complexity index is 965. The van der Waals surface area contributed by atoms with Crippen molar-refractivity contribution in [3.8, 4) is 23.0 Å². The molecule has 3 heterocycles. The predicted octanol–water partition coefficient (Wildman–Crippen LogP) is 2.72. The fraction of sp³-hybridized carbons (Fsp3) is 0.286. The topological polar surface area (TPSA) is 80.9 Å². The van der Waals surface area contributed by atoms with Gasteiger partial charge in [-0.3, -0.25) is 4.79 Å². The van der Waals surface area contributed by atoms with E-state index in [9.17, 15) is 4.79 Å². The minimum Gasteiger partial charge on any atom is -0.497 e. The molecular weight excluding hydrogens is 372 g/mol. The lowest BCUT2D eigenvalue weighted by atomic mass is 10.1. The summed E-state index contributed by atoms with van der Waals surface area (Å²) < 4.78 is 15.9. The van der Waals surface area contributed by atoms with E-state index in [0.29, 0.717) is 54.7 Å². The van der Waals surface area contributed by atoms with Gasteiger partial charge in [-0.05, 0) is 36.4 Å². The van der Waals surface area contributed by atoms with E-state index >= 15 is 0 Å². The summed E-state index contributed by atoms with van der Waals surface area (Å²) in [7, 11) is 3.13. The van der Waals surface area contributed by atoms with E-state index in [0.717, 1.165) is 5.82 Å². The van der Waals surface area contributed by atoms with E-state index in [4.69, 9.17) is 13.9 Å². The molecule has 0 unspecified atom stereocenters. The Morgan fingerprint density at radius 2 is 1.83 bits per heavy atom. The van der Waals surface area contributed by atoms with Gasteiger partial charge in [0, 0.05) is 32.2 Å². The molecule has 29 heavy (non-hydrogen) atoms. The molecule has 150 valence electrons. The Morgan fingerprint density at radius 3 is 2.45 bits per heavy atom. The summed E-state index contributed by atoms with van der Waals surface area (Å²) in [6.07, 6.45) is 1.61. The second kappa shape index (κ2) is 8.22. The molecule has 3 aromatic rings. The monoisotopic (exact) mass is 394 g/mol. The normalized spacial score (nSPS) is 14.0. The zero-order chi connectivity index (χ0) is 20.2. The van der Waals surface area contributed by atoms with Gasteiger partial charge in [-0.2, -0.15) is 0 Å². The van der Waals surface area contributed by atoms with Crippen LogP contribution in [0.3, 0.4) is 0 Å². The number of nitrogens with zero attached hydrogens (tertiary/aromatic N) is 4. The zero-order valence-corrected chi connectivity index (χ0v) is 16.4. The van der Waals surface area contributed by atoms with Crippen LogP contribution in [0.1, 0.15) is 10.4 Å². The third-order valence-corrected chi connectivity index (χ3v) is 4.95. The smallest absolute Gasteiger partial charge is 0.257 e. The summed E-state index contributed by atoms with van der Waals surface area (Å²) in [4.78, 5) is 16.9. The van der Waals surface area contributed by atoms with Crippen LogP contribution >= 0.6 is 0 Å². The molecule has 0 N–H and O–H groups in total. The molecule has 4 rings (SSSR count). The maximum Gasteiger partial charge on any atom is 0.257 e. The molecule has 1 aliphatic rings. The Hall–Kier alpha value is -3.55. The average molecular weight is 394 g/mol. The molecule has 1 fully saturated rings. The van der Waals surface area contributed by atoms with Crippen molar-refractivity contribution in [2.45, 2.75) is 0 Å². The summed E-state index contributed by atoms with van der Waals surface area (Å²) in [5.41, 5.74) is 1.23. The number of piperazine rings is 1. The predicted molar refractivity (Wildman–Crippen MR) is 107 cm³/mol. The molecule has 0 bridgehead atoms. The molecule has 0 aliphatic carbocycles. The number of carbonyl (C=O) groups excluding carboxylic acids is 1. The fourth-order valence-corrected chi connectivity index (χ4v) is 3.33. The van der Waals surface area contributed by atoms with E-state index in [2.05, 4.69) is 15.1 Å². The van der Waals surface area contributed by atoms with Gasteiger partial charge in [-0.1, -0.05) is 0 Å². The summed E-state index contributed by atoms with van der Waals surface area (Å²) in [6, 6.07) is 12.7. The lowest BCUT2D eigenvalue weighted by Gasteiger charge is -2.35. The number of anilines is 1. The van der Waals surface area contributed by atoms with Crippen molar-refractivity contribution in [1.82, 2.24) is 15.1 Å². The molecular formula is C21H22N4O4. The van der Waals surface area contributed by atoms with Crippen molar-refractivity contribution in [2.75, 3.05) is 45.3 Å². The molecule has 8 nitrogen and oxygen atoms in total. The number of hydrogen-bond acceptors (Lipinski definition) is 7. The highest BCUT2D eigenvalue weighted by Gasteiger charge is 2.25. The fourth-order valence-electron chi connectivity index (χ4n) is 3.33. The number of rotatable bonds is 5. The number of furan rings is 1. The molecule has 8 heteroatoms. The van der Waals surface area contributed by atoms with Gasteiger partial charge in [-0.15, -0.1) is 10.2 Å². The lowest BCUT2D eigenvalue weighted by Crippen LogP contribution is -2.49. The van der Waals surface area contributed by atoms with Crippen LogP contribution in [-0.4, -0.2) is 61.4 Å². The van der Waals surface area contributed by atoms with Crippen LogP contribution in [-0.2, 0) is 0 Å². The van der Waals surface area contributed by atoms with Crippen LogP contribution in [0.25, 0.3) is 11.5 Å². The number of benzene rings is 1. The first kappa shape index (κ1) is 18.8. The first-order chi connectivity index (χ1) is 14.2. The molecule has 1 amide bonds. The summed E-state index contributed by atoms with van der Waals surface area (Å²) in [6.45, 7) is 2.54. The van der Waals surface area contributed by atoms with Gasteiger partial charge in [-0.25, -0.2) is 0 Å². The third-order valence-electron chi connectivity index (χ3n) is 4.95. The third kappa shape index (κ3) is 3.87. The summed E-state index contributed by atoms with van der Waals surface area (Å²) in [5.74, 6) is 2.58. The van der Waals surface area contributed by atoms with Crippen LogP contribution in [0, 0.1) is 0 Å². The molecule has 0 radical (unpaired) electrons. The Labute approximate surface area is 168 Å². The standard InChI is InChI=1S/C21H22N4O4/c1-27-15-5-6-16(19(14-15)28-2)21(26)25-11-9-24(10-12-25)20-8-7-17(22-23-20)18-4-3-13-29-18/h3-8,13-14H,9-12H2,1-2H3. The number of aromatic nitrogens is 2. The summed E-state index contributed by atoms with van der Waals surface area (Å²) >= 11 is 0. The molecule has 1 saturated heterocycles. The maximum absolute atomic E-state index is 12.9. The number of amides is 1.